The lowest BCUT2D eigenvalue weighted by molar-refractivity contribution is -0.0500. The van der Waals surface area contributed by atoms with Gasteiger partial charge in [-0.1, -0.05) is 0 Å². The zero-order chi connectivity index (χ0) is 17.9. The lowest BCUT2D eigenvalue weighted by atomic mass is 10.0. The van der Waals surface area contributed by atoms with E-state index in [9.17, 15) is 0 Å². The Morgan fingerprint density at radius 1 is 0.846 bits per heavy atom. The second kappa shape index (κ2) is 7.19. The number of nitrogens with zero attached hydrogens (tertiary/aromatic N) is 1. The third kappa shape index (κ3) is 3.16. The van der Waals surface area contributed by atoms with Crippen molar-refractivity contribution in [3.05, 3.63) is 54.4 Å². The molecule has 2 aromatic carbocycles. The molecule has 0 amide bonds. The van der Waals surface area contributed by atoms with E-state index < -0.39 is 6.29 Å². The third-order valence-electron chi connectivity index (χ3n) is 4.31. The van der Waals surface area contributed by atoms with Gasteiger partial charge in [-0.05, 0) is 48.5 Å². The summed E-state index contributed by atoms with van der Waals surface area (Å²) in [5.41, 5.74) is 3.74. The number of aromatic nitrogens is 2. The van der Waals surface area contributed by atoms with Crippen LogP contribution < -0.4 is 9.47 Å². The van der Waals surface area contributed by atoms with Crippen molar-refractivity contribution in [2.75, 3.05) is 27.4 Å². The lowest BCUT2D eigenvalue weighted by Crippen LogP contribution is -2.00. The van der Waals surface area contributed by atoms with Crippen LogP contribution in [0.25, 0.3) is 22.5 Å². The molecule has 0 unspecified atom stereocenters. The van der Waals surface area contributed by atoms with Gasteiger partial charge in [0, 0.05) is 11.1 Å². The maximum atomic E-state index is 5.60. The number of hydrogen-bond donors (Lipinski definition) is 1. The van der Waals surface area contributed by atoms with Crippen LogP contribution in [0, 0.1) is 0 Å². The first-order valence-corrected chi connectivity index (χ1v) is 8.40. The number of methoxy groups -OCH3 is 2. The Morgan fingerprint density at radius 2 is 1.38 bits per heavy atom. The molecule has 26 heavy (non-hydrogen) atoms. The number of benzene rings is 2. The van der Waals surface area contributed by atoms with Crippen LogP contribution in [0.1, 0.15) is 12.1 Å². The maximum absolute atomic E-state index is 5.60. The van der Waals surface area contributed by atoms with E-state index >= 15 is 0 Å². The van der Waals surface area contributed by atoms with E-state index in [0.29, 0.717) is 19.0 Å². The Kier molecular flexibility index (Phi) is 4.60. The predicted octanol–water partition coefficient (Wildman–Crippen LogP) is 3.81. The second-order valence-corrected chi connectivity index (χ2v) is 5.88. The first-order valence-electron chi connectivity index (χ1n) is 8.40. The quantitative estimate of drug-likeness (QED) is 0.756. The zero-order valence-electron chi connectivity index (χ0n) is 14.7. The molecule has 6 nitrogen and oxygen atoms in total. The average molecular weight is 352 g/mol. The van der Waals surface area contributed by atoms with Gasteiger partial charge in [-0.3, -0.25) is 0 Å². The minimum absolute atomic E-state index is 0.459. The minimum atomic E-state index is -0.459. The van der Waals surface area contributed by atoms with E-state index in [2.05, 4.69) is 4.98 Å². The van der Waals surface area contributed by atoms with Gasteiger partial charge in [0.05, 0.1) is 38.8 Å². The Labute approximate surface area is 151 Å². The summed E-state index contributed by atoms with van der Waals surface area (Å²) in [6.45, 7) is 1.14. The van der Waals surface area contributed by atoms with Gasteiger partial charge < -0.3 is 23.9 Å². The summed E-state index contributed by atoms with van der Waals surface area (Å²) < 4.78 is 21.7. The van der Waals surface area contributed by atoms with Gasteiger partial charge in [0.25, 0.3) is 0 Å². The van der Waals surface area contributed by atoms with Crippen molar-refractivity contribution >= 4 is 0 Å². The number of aromatic amines is 1. The van der Waals surface area contributed by atoms with Crippen LogP contribution in [-0.2, 0) is 9.47 Å². The highest BCUT2D eigenvalue weighted by atomic mass is 16.7. The summed E-state index contributed by atoms with van der Waals surface area (Å²) in [5.74, 6) is 2.28. The highest BCUT2D eigenvalue weighted by Gasteiger charge is 2.24. The Morgan fingerprint density at radius 3 is 1.92 bits per heavy atom. The number of H-pyrrole nitrogens is 1. The fourth-order valence-corrected chi connectivity index (χ4v) is 2.94. The normalized spacial score (nSPS) is 14.5. The molecule has 0 radical (unpaired) electrons. The summed E-state index contributed by atoms with van der Waals surface area (Å²) in [6.07, 6.45) is -0.459. The van der Waals surface area contributed by atoms with E-state index in [1.54, 1.807) is 14.2 Å². The SMILES string of the molecule is COc1ccc(-c2nc(C3OCCO3)[nH]c2-c2ccc(OC)cc2)cc1. The smallest absolute Gasteiger partial charge is 0.217 e. The molecule has 3 aromatic rings. The number of hydrogen-bond acceptors (Lipinski definition) is 5. The second-order valence-electron chi connectivity index (χ2n) is 5.88. The highest BCUT2D eigenvalue weighted by molar-refractivity contribution is 5.79. The van der Waals surface area contributed by atoms with Crippen LogP contribution in [0.2, 0.25) is 0 Å². The van der Waals surface area contributed by atoms with E-state index in [-0.39, 0.29) is 0 Å². The van der Waals surface area contributed by atoms with Crippen LogP contribution in [0.5, 0.6) is 11.5 Å². The van der Waals surface area contributed by atoms with Gasteiger partial charge >= 0.3 is 0 Å². The van der Waals surface area contributed by atoms with E-state index in [0.717, 1.165) is 34.0 Å². The van der Waals surface area contributed by atoms with Gasteiger partial charge in [-0.2, -0.15) is 0 Å². The van der Waals surface area contributed by atoms with Crippen LogP contribution in [0.4, 0.5) is 0 Å². The molecule has 0 atom stereocenters. The number of nitrogens with one attached hydrogen (secondary N) is 1. The Bertz CT molecular complexity index is 801. The van der Waals surface area contributed by atoms with Gasteiger partial charge in [-0.15, -0.1) is 0 Å². The third-order valence-corrected chi connectivity index (χ3v) is 4.31. The molecule has 4 rings (SSSR count). The summed E-state index contributed by atoms with van der Waals surface area (Å²) in [4.78, 5) is 8.13. The molecule has 0 spiro atoms. The molecule has 1 saturated heterocycles. The number of rotatable bonds is 5. The highest BCUT2D eigenvalue weighted by Crippen LogP contribution is 2.34. The Balaban J connectivity index is 1.78. The first kappa shape index (κ1) is 16.6. The fraction of sp³-hybridized carbons (Fsp3) is 0.250. The van der Waals surface area contributed by atoms with Crippen molar-refractivity contribution in [3.8, 4) is 34.0 Å². The Hall–Kier alpha value is -2.83. The van der Waals surface area contributed by atoms with Gasteiger partial charge in [0.2, 0.25) is 6.29 Å². The molecule has 1 fully saturated rings. The molecule has 134 valence electrons. The monoisotopic (exact) mass is 352 g/mol. The van der Waals surface area contributed by atoms with Crippen molar-refractivity contribution in [1.82, 2.24) is 9.97 Å². The van der Waals surface area contributed by atoms with E-state index in [1.165, 1.54) is 0 Å². The van der Waals surface area contributed by atoms with Crippen LogP contribution in [0.3, 0.4) is 0 Å². The molecule has 0 saturated carbocycles. The molecular formula is C20H20N2O4. The summed E-state index contributed by atoms with van der Waals surface area (Å²) in [6, 6.07) is 15.7. The van der Waals surface area contributed by atoms with Crippen LogP contribution in [0.15, 0.2) is 48.5 Å². The van der Waals surface area contributed by atoms with Crippen LogP contribution >= 0.6 is 0 Å². The van der Waals surface area contributed by atoms with Gasteiger partial charge in [-0.25, -0.2) is 4.98 Å². The van der Waals surface area contributed by atoms with Crippen LogP contribution in [-0.4, -0.2) is 37.4 Å². The molecule has 1 aliphatic rings. The van der Waals surface area contributed by atoms with Gasteiger partial charge in [0.1, 0.15) is 11.5 Å². The summed E-state index contributed by atoms with van der Waals surface area (Å²) >= 11 is 0. The molecule has 1 aromatic heterocycles. The lowest BCUT2D eigenvalue weighted by Gasteiger charge is -2.06. The van der Waals surface area contributed by atoms with E-state index in [4.69, 9.17) is 23.9 Å². The largest absolute Gasteiger partial charge is 0.497 e. The summed E-state index contributed by atoms with van der Waals surface area (Å²) in [5, 5.41) is 0. The molecule has 6 heteroatoms. The van der Waals surface area contributed by atoms with E-state index in [1.807, 2.05) is 48.5 Å². The molecule has 1 aliphatic heterocycles. The fourth-order valence-electron chi connectivity index (χ4n) is 2.94. The number of ether oxygens (including phenoxy) is 4. The van der Waals surface area contributed by atoms with Crippen molar-refractivity contribution in [3.63, 3.8) is 0 Å². The summed E-state index contributed by atoms with van der Waals surface area (Å²) in [7, 11) is 3.31. The van der Waals surface area contributed by atoms with Crippen molar-refractivity contribution < 1.29 is 18.9 Å². The minimum Gasteiger partial charge on any atom is -0.497 e. The molecule has 1 N–H and O–H groups in total. The molecule has 2 heterocycles. The average Bonchev–Trinajstić information content (AvgIpc) is 3.38. The molecule has 0 aliphatic carbocycles. The maximum Gasteiger partial charge on any atom is 0.217 e. The standard InChI is InChI=1S/C20H20N2O4/c1-23-15-7-3-13(4-8-15)17-18(14-5-9-16(24-2)10-6-14)22-19(21-17)20-25-11-12-26-20/h3-10,20H,11-12H2,1-2H3,(H,21,22). The van der Waals surface area contributed by atoms with Crippen molar-refractivity contribution in [1.29, 1.82) is 0 Å². The zero-order valence-corrected chi connectivity index (χ0v) is 14.7. The topological polar surface area (TPSA) is 65.6 Å². The van der Waals surface area contributed by atoms with Crippen molar-refractivity contribution in [2.45, 2.75) is 6.29 Å². The number of imidazole rings is 1. The first-order chi connectivity index (χ1) is 12.8. The molecular weight excluding hydrogens is 332 g/mol. The molecule has 0 bridgehead atoms. The predicted molar refractivity (Wildman–Crippen MR) is 97.2 cm³/mol. The van der Waals surface area contributed by atoms with Crippen molar-refractivity contribution in [2.24, 2.45) is 0 Å². The van der Waals surface area contributed by atoms with Gasteiger partial charge in [0.15, 0.2) is 5.82 Å².